The molecule has 1 aliphatic rings. The number of amides is 2. The molecule has 4 rings (SSSR count). The first-order valence-corrected chi connectivity index (χ1v) is 11.2. The van der Waals surface area contributed by atoms with Crippen LogP contribution >= 0.6 is 0 Å². The third-order valence-corrected chi connectivity index (χ3v) is 5.78. The number of nitriles is 1. The van der Waals surface area contributed by atoms with Gasteiger partial charge < -0.3 is 20.4 Å². The topological polar surface area (TPSA) is 118 Å². The fourth-order valence-electron chi connectivity index (χ4n) is 4.01. The second-order valence-corrected chi connectivity index (χ2v) is 8.16. The molecule has 0 aliphatic carbocycles. The second kappa shape index (κ2) is 10.5. The fraction of sp³-hybridized carbons (Fsp3) is 0.148. The van der Waals surface area contributed by atoms with E-state index in [-0.39, 0.29) is 30.2 Å². The van der Waals surface area contributed by atoms with E-state index in [1.807, 2.05) is 30.3 Å². The Hall–Kier alpha value is -4.97. The molecule has 2 heterocycles. The Kier molecular flexibility index (Phi) is 7.07. The van der Waals surface area contributed by atoms with Gasteiger partial charge in [-0.1, -0.05) is 18.2 Å². The lowest BCUT2D eigenvalue weighted by atomic mass is 10.1. The summed E-state index contributed by atoms with van der Waals surface area (Å²) in [5.41, 5.74) is 3.24. The van der Waals surface area contributed by atoms with Crippen molar-refractivity contribution in [2.45, 2.75) is 12.8 Å². The summed E-state index contributed by atoms with van der Waals surface area (Å²) in [6.45, 7) is 0. The summed E-state index contributed by atoms with van der Waals surface area (Å²) in [6, 6.07) is 19.6. The number of rotatable bonds is 7. The zero-order valence-electron chi connectivity index (χ0n) is 19.9. The summed E-state index contributed by atoms with van der Waals surface area (Å²) in [7, 11) is 3.60. The maximum Gasteiger partial charge on any atom is 0.255 e. The van der Waals surface area contributed by atoms with Crippen molar-refractivity contribution >= 4 is 40.3 Å². The highest BCUT2D eigenvalue weighted by molar-refractivity contribution is 6.06. The van der Waals surface area contributed by atoms with Crippen LogP contribution < -0.4 is 20.4 Å². The van der Waals surface area contributed by atoms with Crippen LogP contribution in [0.3, 0.4) is 0 Å². The number of hydrogen-bond acceptors (Lipinski definition) is 7. The third kappa shape index (κ3) is 5.08. The first-order chi connectivity index (χ1) is 17.4. The molecule has 9 nitrogen and oxygen atoms in total. The van der Waals surface area contributed by atoms with Gasteiger partial charge in [-0.2, -0.15) is 5.26 Å². The summed E-state index contributed by atoms with van der Waals surface area (Å²) in [6.07, 6.45) is 2.85. The van der Waals surface area contributed by atoms with Crippen LogP contribution in [0, 0.1) is 11.3 Å². The molecule has 0 spiro atoms. The molecule has 36 heavy (non-hydrogen) atoms. The van der Waals surface area contributed by atoms with Crippen LogP contribution in [0.4, 0.5) is 22.7 Å². The number of hydrogen-bond donors (Lipinski definition) is 2. The predicted octanol–water partition coefficient (Wildman–Crippen LogP) is 3.94. The highest BCUT2D eigenvalue weighted by Gasteiger charge is 2.31. The van der Waals surface area contributed by atoms with E-state index in [2.05, 4.69) is 15.6 Å². The summed E-state index contributed by atoms with van der Waals surface area (Å²) >= 11 is 0. The van der Waals surface area contributed by atoms with Crippen molar-refractivity contribution in [1.82, 2.24) is 4.98 Å². The lowest BCUT2D eigenvalue weighted by Gasteiger charge is -2.19. The molecule has 0 radical (unpaired) electrons. The lowest BCUT2D eigenvalue weighted by molar-refractivity contribution is -0.120. The molecule has 0 saturated carbocycles. The van der Waals surface area contributed by atoms with E-state index < -0.39 is 5.78 Å². The van der Waals surface area contributed by atoms with E-state index in [0.717, 1.165) is 11.4 Å². The molecule has 0 unspecified atom stereocenters. The Morgan fingerprint density at radius 3 is 2.08 bits per heavy atom. The van der Waals surface area contributed by atoms with E-state index in [1.54, 1.807) is 60.3 Å². The lowest BCUT2D eigenvalue weighted by Crippen LogP contribution is -2.26. The van der Waals surface area contributed by atoms with Crippen molar-refractivity contribution in [3.05, 3.63) is 90.0 Å². The monoisotopic (exact) mass is 480 g/mol. The predicted molar refractivity (Wildman–Crippen MR) is 137 cm³/mol. The van der Waals surface area contributed by atoms with Crippen LogP contribution in [0.15, 0.2) is 84.5 Å². The Morgan fingerprint density at radius 2 is 1.47 bits per heavy atom. The third-order valence-electron chi connectivity index (χ3n) is 5.78. The summed E-state index contributed by atoms with van der Waals surface area (Å²) in [5.74, 6) is -0.596. The first kappa shape index (κ1) is 24.2. The number of nitrogens with zero attached hydrogens (tertiary/aromatic N) is 4. The van der Waals surface area contributed by atoms with Gasteiger partial charge in [0.05, 0.1) is 11.4 Å². The van der Waals surface area contributed by atoms with Gasteiger partial charge in [-0.25, -0.2) is 0 Å². The molecule has 1 aliphatic heterocycles. The van der Waals surface area contributed by atoms with Crippen LogP contribution in [0.1, 0.15) is 23.2 Å². The Bertz CT molecular complexity index is 1360. The van der Waals surface area contributed by atoms with Crippen molar-refractivity contribution in [1.29, 1.82) is 5.26 Å². The van der Waals surface area contributed by atoms with Gasteiger partial charge in [0, 0.05) is 56.3 Å². The highest BCUT2D eigenvalue weighted by Crippen LogP contribution is 2.40. The fourth-order valence-corrected chi connectivity index (χ4v) is 4.01. The average molecular weight is 481 g/mol. The maximum absolute atomic E-state index is 12.9. The zero-order valence-corrected chi connectivity index (χ0v) is 19.9. The van der Waals surface area contributed by atoms with E-state index in [1.165, 1.54) is 12.4 Å². The van der Waals surface area contributed by atoms with E-state index in [4.69, 9.17) is 0 Å². The van der Waals surface area contributed by atoms with Crippen LogP contribution in [0.5, 0.6) is 0 Å². The van der Waals surface area contributed by atoms with Gasteiger partial charge in [-0.05, 0) is 42.5 Å². The molecule has 0 saturated heterocycles. The number of allylic oxidation sites excluding steroid dienone is 1. The molecule has 2 aromatic carbocycles. The molecular formula is C27H24N6O3. The number of carbonyl (C=O) groups is 3. The first-order valence-electron chi connectivity index (χ1n) is 11.2. The largest absolute Gasteiger partial charge is 0.328 e. The van der Waals surface area contributed by atoms with Crippen molar-refractivity contribution in [3.63, 3.8) is 0 Å². The molecular weight excluding hydrogens is 456 g/mol. The number of Topliss-reactive ketones (excluding diaryl/α,β-unsaturated/α-hetero) is 1. The average Bonchev–Trinajstić information content (AvgIpc) is 3.14. The Morgan fingerprint density at radius 1 is 0.861 bits per heavy atom. The van der Waals surface area contributed by atoms with Crippen LogP contribution in [0.2, 0.25) is 0 Å². The number of benzene rings is 2. The Balaban J connectivity index is 1.38. The van der Waals surface area contributed by atoms with Crippen molar-refractivity contribution < 1.29 is 14.4 Å². The summed E-state index contributed by atoms with van der Waals surface area (Å²) in [5, 5.41) is 15.2. The normalized spacial score (nSPS) is 12.0. The van der Waals surface area contributed by atoms with Gasteiger partial charge >= 0.3 is 0 Å². The zero-order chi connectivity index (χ0) is 25.7. The molecule has 0 fully saturated rings. The number of pyridine rings is 1. The number of anilines is 4. The van der Waals surface area contributed by atoms with E-state index >= 15 is 0 Å². The molecule has 1 aromatic heterocycles. The molecule has 0 bridgehead atoms. The molecule has 3 aromatic rings. The van der Waals surface area contributed by atoms with Gasteiger partial charge in [0.1, 0.15) is 17.5 Å². The minimum Gasteiger partial charge on any atom is -0.328 e. The standard InChI is InChI=1S/C27H24N6O3/c1-32-22-8-3-4-9-23(22)33(2)27(32)21(17-28)24(34)10-11-25(35)30-19-6-5-7-20(16-19)31-26(36)18-12-14-29-15-13-18/h3-9,12-16H,10-11H2,1-2H3,(H,30,35)(H,31,36). The molecule has 0 atom stereocenters. The number of ketones is 1. The smallest absolute Gasteiger partial charge is 0.255 e. The second-order valence-electron chi connectivity index (χ2n) is 8.16. The van der Waals surface area contributed by atoms with Gasteiger partial charge in [0.15, 0.2) is 5.78 Å². The van der Waals surface area contributed by atoms with Crippen molar-refractivity contribution in [3.8, 4) is 6.07 Å². The SMILES string of the molecule is CN1C(=C(C#N)C(=O)CCC(=O)Nc2cccc(NC(=O)c3ccncc3)c2)N(C)c2ccccc21. The molecule has 2 N–H and O–H groups in total. The Labute approximate surface area is 208 Å². The minimum atomic E-state index is -0.410. The molecule has 180 valence electrons. The van der Waals surface area contributed by atoms with Gasteiger partial charge in [-0.15, -0.1) is 0 Å². The number of para-hydroxylation sites is 2. The molecule has 2 amide bonds. The van der Waals surface area contributed by atoms with Gasteiger partial charge in [-0.3, -0.25) is 19.4 Å². The van der Waals surface area contributed by atoms with Crippen LogP contribution in [-0.2, 0) is 9.59 Å². The quantitative estimate of drug-likeness (QED) is 0.388. The van der Waals surface area contributed by atoms with Crippen molar-refractivity contribution in [2.75, 3.05) is 34.5 Å². The number of carbonyl (C=O) groups excluding carboxylic acids is 3. The number of nitrogens with one attached hydrogen (secondary N) is 2. The summed E-state index contributed by atoms with van der Waals surface area (Å²) < 4.78 is 0. The molecule has 9 heteroatoms. The van der Waals surface area contributed by atoms with E-state index in [0.29, 0.717) is 22.8 Å². The van der Waals surface area contributed by atoms with Crippen molar-refractivity contribution in [2.24, 2.45) is 0 Å². The number of fused-ring (bicyclic) bond motifs is 1. The maximum atomic E-state index is 12.9. The van der Waals surface area contributed by atoms with Crippen LogP contribution in [-0.4, -0.2) is 36.7 Å². The van der Waals surface area contributed by atoms with Gasteiger partial charge in [0.25, 0.3) is 5.91 Å². The minimum absolute atomic E-state index is 0.00446. The highest BCUT2D eigenvalue weighted by atomic mass is 16.2. The number of aromatic nitrogens is 1. The van der Waals surface area contributed by atoms with E-state index in [9.17, 15) is 19.6 Å². The van der Waals surface area contributed by atoms with Gasteiger partial charge in [0.2, 0.25) is 5.91 Å². The summed E-state index contributed by atoms with van der Waals surface area (Å²) in [4.78, 5) is 45.3. The van der Waals surface area contributed by atoms with Crippen LogP contribution in [0.25, 0.3) is 0 Å².